The quantitative estimate of drug-likeness (QED) is 0.878. The van der Waals surface area contributed by atoms with Crippen molar-refractivity contribution in [2.75, 3.05) is 6.61 Å². The van der Waals surface area contributed by atoms with E-state index in [0.29, 0.717) is 18.1 Å². The average Bonchev–Trinajstić information content (AvgIpc) is 2.84. The Morgan fingerprint density at radius 2 is 2.22 bits per heavy atom. The highest BCUT2D eigenvalue weighted by Crippen LogP contribution is 2.19. The summed E-state index contributed by atoms with van der Waals surface area (Å²) in [5.41, 5.74) is 6.31. The van der Waals surface area contributed by atoms with E-state index in [9.17, 15) is 8.78 Å². The predicted octanol–water partition coefficient (Wildman–Crippen LogP) is 2.79. The van der Waals surface area contributed by atoms with Crippen LogP contribution in [0.3, 0.4) is 0 Å². The molecular formula is C14H19F2NO. The summed E-state index contributed by atoms with van der Waals surface area (Å²) >= 11 is 0. The molecule has 0 amide bonds. The van der Waals surface area contributed by atoms with Gasteiger partial charge in [0.05, 0.1) is 6.10 Å². The number of hydrogen-bond acceptors (Lipinski definition) is 2. The van der Waals surface area contributed by atoms with Gasteiger partial charge >= 0.3 is 0 Å². The monoisotopic (exact) mass is 255 g/mol. The lowest BCUT2D eigenvalue weighted by molar-refractivity contribution is 0.101. The molecule has 18 heavy (non-hydrogen) atoms. The molecule has 0 saturated carbocycles. The van der Waals surface area contributed by atoms with Gasteiger partial charge in [-0.15, -0.1) is 0 Å². The molecule has 1 fully saturated rings. The molecule has 0 radical (unpaired) electrons. The van der Waals surface area contributed by atoms with Gasteiger partial charge < -0.3 is 10.5 Å². The summed E-state index contributed by atoms with van der Waals surface area (Å²) in [7, 11) is 0. The van der Waals surface area contributed by atoms with Crippen molar-refractivity contribution in [3.63, 3.8) is 0 Å². The highest BCUT2D eigenvalue weighted by atomic mass is 19.1. The van der Waals surface area contributed by atoms with Crippen molar-refractivity contribution in [1.82, 2.24) is 0 Å². The molecule has 0 bridgehead atoms. The average molecular weight is 255 g/mol. The van der Waals surface area contributed by atoms with E-state index >= 15 is 0 Å². The summed E-state index contributed by atoms with van der Waals surface area (Å²) in [6, 6.07) is 3.35. The molecule has 0 aromatic heterocycles. The fourth-order valence-corrected chi connectivity index (χ4v) is 2.36. The number of ether oxygens (including phenoxy) is 1. The number of nitrogens with two attached hydrogens (primary N) is 1. The van der Waals surface area contributed by atoms with Crippen molar-refractivity contribution in [2.24, 2.45) is 5.73 Å². The maximum absolute atomic E-state index is 13.4. The maximum Gasteiger partial charge on any atom is 0.126 e. The second kappa shape index (κ2) is 6.25. The first kappa shape index (κ1) is 13.4. The lowest BCUT2D eigenvalue weighted by Gasteiger charge is -2.15. The number of rotatable bonds is 5. The second-order valence-electron chi connectivity index (χ2n) is 4.91. The zero-order valence-electron chi connectivity index (χ0n) is 10.4. The van der Waals surface area contributed by atoms with Crippen molar-refractivity contribution in [3.05, 3.63) is 35.4 Å². The topological polar surface area (TPSA) is 35.2 Å². The Morgan fingerprint density at radius 3 is 2.94 bits per heavy atom. The Hall–Kier alpha value is -1.00. The lowest BCUT2D eigenvalue weighted by Crippen LogP contribution is -2.25. The Balaban J connectivity index is 1.82. The van der Waals surface area contributed by atoms with Crippen molar-refractivity contribution < 1.29 is 13.5 Å². The summed E-state index contributed by atoms with van der Waals surface area (Å²) in [6.45, 7) is 0.832. The van der Waals surface area contributed by atoms with Gasteiger partial charge in [0.15, 0.2) is 0 Å². The summed E-state index contributed by atoms with van der Waals surface area (Å²) in [6.07, 6.45) is 4.54. The van der Waals surface area contributed by atoms with Crippen LogP contribution in [-0.4, -0.2) is 18.8 Å². The first-order chi connectivity index (χ1) is 8.65. The largest absolute Gasteiger partial charge is 0.378 e. The van der Waals surface area contributed by atoms with Crippen LogP contribution < -0.4 is 5.73 Å². The van der Waals surface area contributed by atoms with Crippen LogP contribution in [0.1, 0.15) is 31.2 Å². The van der Waals surface area contributed by atoms with Gasteiger partial charge in [0.2, 0.25) is 0 Å². The summed E-state index contributed by atoms with van der Waals surface area (Å²) < 4.78 is 31.9. The Kier molecular flexibility index (Phi) is 4.66. The first-order valence-corrected chi connectivity index (χ1v) is 6.46. The number of benzene rings is 1. The minimum Gasteiger partial charge on any atom is -0.378 e. The molecule has 100 valence electrons. The maximum atomic E-state index is 13.4. The molecular weight excluding hydrogens is 236 g/mol. The normalized spacial score (nSPS) is 21.2. The minimum absolute atomic E-state index is 0.148. The summed E-state index contributed by atoms with van der Waals surface area (Å²) in [5, 5.41) is 0. The van der Waals surface area contributed by atoms with Gasteiger partial charge in [0.1, 0.15) is 11.6 Å². The van der Waals surface area contributed by atoms with Crippen LogP contribution in [0, 0.1) is 11.6 Å². The molecule has 2 unspecified atom stereocenters. The molecule has 2 atom stereocenters. The van der Waals surface area contributed by atoms with E-state index in [0.717, 1.165) is 44.4 Å². The number of halogens is 2. The van der Waals surface area contributed by atoms with Crippen molar-refractivity contribution >= 4 is 0 Å². The van der Waals surface area contributed by atoms with Gasteiger partial charge in [-0.25, -0.2) is 8.78 Å². The van der Waals surface area contributed by atoms with Crippen molar-refractivity contribution in [3.8, 4) is 0 Å². The molecule has 1 saturated heterocycles. The van der Waals surface area contributed by atoms with E-state index in [-0.39, 0.29) is 11.9 Å². The van der Waals surface area contributed by atoms with Gasteiger partial charge in [-0.2, -0.15) is 0 Å². The van der Waals surface area contributed by atoms with E-state index < -0.39 is 5.82 Å². The van der Waals surface area contributed by atoms with Crippen molar-refractivity contribution in [1.29, 1.82) is 0 Å². The third-order valence-electron chi connectivity index (χ3n) is 3.37. The van der Waals surface area contributed by atoms with Gasteiger partial charge in [0.25, 0.3) is 0 Å². The standard InChI is InChI=1S/C14H19F2NO/c15-11-3-6-14(16)10(8-11)9-12(17)4-5-13-2-1-7-18-13/h3,6,8,12-13H,1-2,4-5,7,9,17H2. The fourth-order valence-electron chi connectivity index (χ4n) is 2.36. The number of hydrogen-bond donors (Lipinski definition) is 1. The molecule has 2 nitrogen and oxygen atoms in total. The lowest BCUT2D eigenvalue weighted by atomic mass is 9.99. The van der Waals surface area contributed by atoms with E-state index in [1.807, 2.05) is 0 Å². The third kappa shape index (κ3) is 3.75. The molecule has 2 rings (SSSR count). The molecule has 1 aliphatic heterocycles. The van der Waals surface area contributed by atoms with Crippen LogP contribution in [0.4, 0.5) is 8.78 Å². The molecule has 0 aliphatic carbocycles. The molecule has 1 aliphatic rings. The minimum atomic E-state index is -0.419. The molecule has 1 aromatic carbocycles. The van der Waals surface area contributed by atoms with Crippen LogP contribution in [0.2, 0.25) is 0 Å². The van der Waals surface area contributed by atoms with Gasteiger partial charge in [0, 0.05) is 12.6 Å². The predicted molar refractivity (Wildman–Crippen MR) is 66.2 cm³/mol. The Bertz CT molecular complexity index is 391. The van der Waals surface area contributed by atoms with E-state index in [1.165, 1.54) is 6.07 Å². The molecule has 1 heterocycles. The van der Waals surface area contributed by atoms with Gasteiger partial charge in [-0.3, -0.25) is 0 Å². The zero-order chi connectivity index (χ0) is 13.0. The van der Waals surface area contributed by atoms with Gasteiger partial charge in [-0.05, 0) is 55.9 Å². The Morgan fingerprint density at radius 1 is 1.39 bits per heavy atom. The molecule has 4 heteroatoms. The smallest absolute Gasteiger partial charge is 0.126 e. The van der Waals surface area contributed by atoms with E-state index in [2.05, 4.69) is 0 Å². The first-order valence-electron chi connectivity index (χ1n) is 6.46. The van der Waals surface area contributed by atoms with Crippen LogP contribution in [0.5, 0.6) is 0 Å². The fraction of sp³-hybridized carbons (Fsp3) is 0.571. The van der Waals surface area contributed by atoms with E-state index in [4.69, 9.17) is 10.5 Å². The Labute approximate surface area is 106 Å². The highest BCUT2D eigenvalue weighted by molar-refractivity contribution is 5.19. The van der Waals surface area contributed by atoms with Crippen molar-refractivity contribution in [2.45, 2.75) is 44.2 Å². The molecule has 2 N–H and O–H groups in total. The highest BCUT2D eigenvalue weighted by Gasteiger charge is 2.17. The van der Waals surface area contributed by atoms with Crippen LogP contribution in [0.15, 0.2) is 18.2 Å². The van der Waals surface area contributed by atoms with Crippen LogP contribution >= 0.6 is 0 Å². The van der Waals surface area contributed by atoms with E-state index in [1.54, 1.807) is 0 Å². The second-order valence-corrected chi connectivity index (χ2v) is 4.91. The molecule has 0 spiro atoms. The van der Waals surface area contributed by atoms with Crippen LogP contribution in [0.25, 0.3) is 0 Å². The summed E-state index contributed by atoms with van der Waals surface area (Å²) in [5.74, 6) is -0.804. The third-order valence-corrected chi connectivity index (χ3v) is 3.37. The molecule has 1 aromatic rings. The SMILES string of the molecule is NC(CCC1CCCO1)Cc1cc(F)ccc1F. The van der Waals surface area contributed by atoms with Gasteiger partial charge in [-0.1, -0.05) is 0 Å². The summed E-state index contributed by atoms with van der Waals surface area (Å²) in [4.78, 5) is 0. The van der Waals surface area contributed by atoms with Crippen LogP contribution in [-0.2, 0) is 11.2 Å². The zero-order valence-corrected chi connectivity index (χ0v) is 10.4.